The lowest BCUT2D eigenvalue weighted by atomic mass is 9.85. The largest absolute Gasteiger partial charge is 0.356 e. The Bertz CT molecular complexity index is 670. The van der Waals surface area contributed by atoms with Crippen molar-refractivity contribution < 1.29 is 13.6 Å². The van der Waals surface area contributed by atoms with Gasteiger partial charge in [-0.25, -0.2) is 8.78 Å². The van der Waals surface area contributed by atoms with Gasteiger partial charge < -0.3 is 16.0 Å². The molecule has 8 heteroatoms. The van der Waals surface area contributed by atoms with E-state index in [1.165, 1.54) is 6.07 Å². The summed E-state index contributed by atoms with van der Waals surface area (Å²) in [6, 6.07) is 3.78. The Morgan fingerprint density at radius 1 is 1.29 bits per heavy atom. The van der Waals surface area contributed by atoms with Crippen molar-refractivity contribution in [2.75, 3.05) is 13.6 Å². The maximum absolute atomic E-state index is 13.7. The number of aliphatic imine (C=N–C) groups is 1. The van der Waals surface area contributed by atoms with E-state index >= 15 is 0 Å². The molecule has 0 aliphatic heterocycles. The molecule has 0 heterocycles. The number of carbonyl (C=O) groups excluding carboxylic acids is 1. The van der Waals surface area contributed by atoms with Crippen LogP contribution in [0.2, 0.25) is 0 Å². The van der Waals surface area contributed by atoms with E-state index in [2.05, 4.69) is 20.9 Å². The van der Waals surface area contributed by atoms with Gasteiger partial charge in [-0.05, 0) is 63.3 Å². The van der Waals surface area contributed by atoms with Crippen LogP contribution in [0, 0.1) is 17.6 Å². The summed E-state index contributed by atoms with van der Waals surface area (Å²) in [5, 5.41) is 9.47. The first kappa shape index (κ1) is 24.6. The zero-order valence-electron chi connectivity index (χ0n) is 16.7. The topological polar surface area (TPSA) is 65.5 Å². The molecule has 5 nitrogen and oxygen atoms in total. The van der Waals surface area contributed by atoms with Gasteiger partial charge in [-0.1, -0.05) is 6.42 Å². The van der Waals surface area contributed by atoms with Crippen molar-refractivity contribution in [3.8, 4) is 0 Å². The van der Waals surface area contributed by atoms with Crippen LogP contribution < -0.4 is 16.0 Å². The normalized spacial score (nSPS) is 19.7. The number of carbonyl (C=O) groups is 1. The highest BCUT2D eigenvalue weighted by Gasteiger charge is 2.27. The number of hydrogen-bond acceptors (Lipinski definition) is 2. The van der Waals surface area contributed by atoms with E-state index in [0.717, 1.165) is 37.8 Å². The quantitative estimate of drug-likeness (QED) is 0.314. The van der Waals surface area contributed by atoms with Crippen LogP contribution in [0.3, 0.4) is 0 Å². The first-order valence-corrected chi connectivity index (χ1v) is 9.60. The summed E-state index contributed by atoms with van der Waals surface area (Å²) in [5.41, 5.74) is 0.334. The van der Waals surface area contributed by atoms with Crippen molar-refractivity contribution in [1.82, 2.24) is 16.0 Å². The minimum atomic E-state index is -0.443. The Morgan fingerprint density at radius 2 is 2.04 bits per heavy atom. The molecule has 2 rings (SSSR count). The Morgan fingerprint density at radius 3 is 2.71 bits per heavy atom. The van der Waals surface area contributed by atoms with Crippen molar-refractivity contribution in [3.63, 3.8) is 0 Å². The molecular formula is C20H31F2IN4O. The standard InChI is InChI=1S/C20H30F2N4O.HI/c1-13(2)25-19(27)15-5-4-6-17(12-15)26-20(23-3)24-10-9-14-11-16(21)7-8-18(14)22;/h7-8,11,13,15,17H,4-6,9-10,12H2,1-3H3,(H,25,27)(H2,23,24,26);1H. The molecule has 158 valence electrons. The maximum Gasteiger partial charge on any atom is 0.223 e. The van der Waals surface area contributed by atoms with Gasteiger partial charge in [0, 0.05) is 31.6 Å². The van der Waals surface area contributed by atoms with Crippen molar-refractivity contribution in [2.24, 2.45) is 10.9 Å². The molecular weight excluding hydrogens is 477 g/mol. The first-order chi connectivity index (χ1) is 12.9. The van der Waals surface area contributed by atoms with Gasteiger partial charge in [0.05, 0.1) is 0 Å². The van der Waals surface area contributed by atoms with Crippen LogP contribution >= 0.6 is 24.0 Å². The maximum atomic E-state index is 13.7. The van der Waals surface area contributed by atoms with Crippen molar-refractivity contribution in [1.29, 1.82) is 0 Å². The molecule has 1 aromatic rings. The molecule has 0 spiro atoms. The minimum absolute atomic E-state index is 0. The molecule has 2 unspecified atom stereocenters. The molecule has 0 bridgehead atoms. The van der Waals surface area contributed by atoms with Crippen LogP contribution in [-0.2, 0) is 11.2 Å². The van der Waals surface area contributed by atoms with E-state index in [4.69, 9.17) is 0 Å². The Hall–Kier alpha value is -1.45. The molecule has 0 saturated heterocycles. The van der Waals surface area contributed by atoms with Gasteiger partial charge >= 0.3 is 0 Å². The Labute approximate surface area is 183 Å². The highest BCUT2D eigenvalue weighted by molar-refractivity contribution is 14.0. The second-order valence-electron chi connectivity index (χ2n) is 7.35. The SMILES string of the molecule is CN=C(NCCc1cc(F)ccc1F)NC1CCCC(C(=O)NC(C)C)C1.I. The van der Waals surface area contributed by atoms with Gasteiger partial charge in [-0.15, -0.1) is 24.0 Å². The number of benzene rings is 1. The number of rotatable bonds is 6. The van der Waals surface area contributed by atoms with Crippen molar-refractivity contribution in [3.05, 3.63) is 35.4 Å². The number of nitrogens with one attached hydrogen (secondary N) is 3. The lowest BCUT2D eigenvalue weighted by molar-refractivity contribution is -0.126. The molecule has 2 atom stereocenters. The van der Waals surface area contributed by atoms with Crippen LogP contribution in [0.1, 0.15) is 45.1 Å². The number of nitrogens with zero attached hydrogens (tertiary/aromatic N) is 1. The predicted molar refractivity (Wildman–Crippen MR) is 119 cm³/mol. The number of amides is 1. The summed E-state index contributed by atoms with van der Waals surface area (Å²) in [6.45, 7) is 4.36. The molecule has 1 amide bonds. The zero-order chi connectivity index (χ0) is 19.8. The molecule has 0 radical (unpaired) electrons. The van der Waals surface area contributed by atoms with Crippen LogP contribution in [0.15, 0.2) is 23.2 Å². The fourth-order valence-electron chi connectivity index (χ4n) is 3.40. The third kappa shape index (κ3) is 7.89. The summed E-state index contributed by atoms with van der Waals surface area (Å²) >= 11 is 0. The highest BCUT2D eigenvalue weighted by Crippen LogP contribution is 2.24. The van der Waals surface area contributed by atoms with Gasteiger partial charge in [0.1, 0.15) is 11.6 Å². The number of halogens is 3. The average molecular weight is 508 g/mol. The molecule has 1 aromatic carbocycles. The fourth-order valence-corrected chi connectivity index (χ4v) is 3.40. The van der Waals surface area contributed by atoms with E-state index in [1.54, 1.807) is 7.05 Å². The zero-order valence-corrected chi connectivity index (χ0v) is 19.1. The third-order valence-corrected chi connectivity index (χ3v) is 4.73. The lowest BCUT2D eigenvalue weighted by Crippen LogP contribution is -2.47. The van der Waals surface area contributed by atoms with E-state index in [-0.39, 0.29) is 47.9 Å². The molecule has 1 saturated carbocycles. The molecule has 1 aliphatic rings. The van der Waals surface area contributed by atoms with E-state index in [0.29, 0.717) is 24.5 Å². The predicted octanol–water partition coefficient (Wildman–Crippen LogP) is 3.37. The molecule has 28 heavy (non-hydrogen) atoms. The van der Waals surface area contributed by atoms with Gasteiger partial charge in [-0.2, -0.15) is 0 Å². The van der Waals surface area contributed by atoms with E-state index in [1.807, 2.05) is 13.8 Å². The summed E-state index contributed by atoms with van der Waals surface area (Å²) in [7, 11) is 1.67. The van der Waals surface area contributed by atoms with E-state index in [9.17, 15) is 13.6 Å². The summed E-state index contributed by atoms with van der Waals surface area (Å²) in [5.74, 6) is -0.116. The molecule has 3 N–H and O–H groups in total. The summed E-state index contributed by atoms with van der Waals surface area (Å²) in [6.07, 6.45) is 3.98. The number of guanidine groups is 1. The lowest BCUT2D eigenvalue weighted by Gasteiger charge is -2.30. The van der Waals surface area contributed by atoms with Gasteiger partial charge in [0.15, 0.2) is 5.96 Å². The Balaban J connectivity index is 0.00000392. The van der Waals surface area contributed by atoms with Crippen LogP contribution in [0.4, 0.5) is 8.78 Å². The summed E-state index contributed by atoms with van der Waals surface area (Å²) in [4.78, 5) is 16.4. The highest BCUT2D eigenvalue weighted by atomic mass is 127. The third-order valence-electron chi connectivity index (χ3n) is 4.73. The van der Waals surface area contributed by atoms with Crippen molar-refractivity contribution >= 4 is 35.8 Å². The second kappa shape index (κ2) is 12.2. The van der Waals surface area contributed by atoms with Crippen LogP contribution in [0.5, 0.6) is 0 Å². The minimum Gasteiger partial charge on any atom is -0.356 e. The van der Waals surface area contributed by atoms with Crippen LogP contribution in [-0.4, -0.2) is 37.5 Å². The van der Waals surface area contributed by atoms with Gasteiger partial charge in [0.25, 0.3) is 0 Å². The Kier molecular flexibility index (Phi) is 10.7. The number of hydrogen-bond donors (Lipinski definition) is 3. The second-order valence-corrected chi connectivity index (χ2v) is 7.35. The van der Waals surface area contributed by atoms with E-state index < -0.39 is 11.6 Å². The van der Waals surface area contributed by atoms with Crippen molar-refractivity contribution in [2.45, 2.75) is 58.0 Å². The molecule has 1 aliphatic carbocycles. The van der Waals surface area contributed by atoms with Gasteiger partial charge in [0.2, 0.25) is 5.91 Å². The van der Waals surface area contributed by atoms with Gasteiger partial charge in [-0.3, -0.25) is 9.79 Å². The smallest absolute Gasteiger partial charge is 0.223 e. The monoisotopic (exact) mass is 508 g/mol. The van der Waals surface area contributed by atoms with Crippen LogP contribution in [0.25, 0.3) is 0 Å². The first-order valence-electron chi connectivity index (χ1n) is 9.60. The molecule has 0 aromatic heterocycles. The average Bonchev–Trinajstić information content (AvgIpc) is 2.63. The summed E-state index contributed by atoms with van der Waals surface area (Å²) < 4.78 is 26.9. The fraction of sp³-hybridized carbons (Fsp3) is 0.600. The molecule has 1 fully saturated rings.